The number of aryl methyl sites for hydroxylation is 2. The van der Waals surface area contributed by atoms with E-state index in [4.69, 9.17) is 0 Å². The minimum atomic E-state index is -4.14. The predicted octanol–water partition coefficient (Wildman–Crippen LogP) is 6.36. The van der Waals surface area contributed by atoms with E-state index in [1.807, 2.05) is 95.3 Å². The minimum absolute atomic E-state index is 0.0825. The molecule has 0 aliphatic rings. The fraction of sp³-hybridized carbons (Fsp3) is 0.297. The van der Waals surface area contributed by atoms with Gasteiger partial charge in [0.25, 0.3) is 10.0 Å². The number of nitrogens with one attached hydrogen (secondary N) is 1. The molecule has 2 amide bonds. The molecule has 0 bridgehead atoms. The molecular weight excluding hydrogens is 582 g/mol. The lowest BCUT2D eigenvalue weighted by atomic mass is 10.0. The Morgan fingerprint density at radius 2 is 1.40 bits per heavy atom. The molecule has 0 radical (unpaired) electrons. The largest absolute Gasteiger partial charge is 0.352 e. The molecule has 0 aromatic heterocycles. The van der Waals surface area contributed by atoms with Crippen molar-refractivity contribution < 1.29 is 18.0 Å². The van der Waals surface area contributed by atoms with Crippen LogP contribution >= 0.6 is 0 Å². The highest BCUT2D eigenvalue weighted by Gasteiger charge is 2.35. The second kappa shape index (κ2) is 15.0. The SMILES string of the molecule is CC[C@@H](C)NC(=O)[C@H](Cc1ccccc1)N(Cc1ccc(C)cc1)C(=O)CN(c1cccc(C)c1C)S(=O)(=O)c1ccccc1. The van der Waals surface area contributed by atoms with E-state index in [1.165, 1.54) is 21.3 Å². The molecule has 0 fully saturated rings. The minimum Gasteiger partial charge on any atom is -0.352 e. The van der Waals surface area contributed by atoms with E-state index in [2.05, 4.69) is 5.32 Å². The zero-order chi connectivity index (χ0) is 32.6. The van der Waals surface area contributed by atoms with Gasteiger partial charge in [-0.05, 0) is 74.6 Å². The summed E-state index contributed by atoms with van der Waals surface area (Å²) in [5.74, 6) is -0.755. The topological polar surface area (TPSA) is 86.8 Å². The van der Waals surface area contributed by atoms with Crippen LogP contribution in [0, 0.1) is 20.8 Å². The van der Waals surface area contributed by atoms with Crippen molar-refractivity contribution in [3.8, 4) is 0 Å². The van der Waals surface area contributed by atoms with Gasteiger partial charge in [-0.2, -0.15) is 0 Å². The molecule has 0 unspecified atom stereocenters. The lowest BCUT2D eigenvalue weighted by Crippen LogP contribution is -2.54. The summed E-state index contributed by atoms with van der Waals surface area (Å²) in [6.45, 7) is 9.32. The van der Waals surface area contributed by atoms with E-state index in [9.17, 15) is 18.0 Å². The Hall–Kier alpha value is -4.43. The van der Waals surface area contributed by atoms with Gasteiger partial charge in [-0.25, -0.2) is 8.42 Å². The Morgan fingerprint density at radius 1 is 0.778 bits per heavy atom. The summed E-state index contributed by atoms with van der Waals surface area (Å²) in [5, 5.41) is 3.07. The van der Waals surface area contributed by atoms with Crippen LogP contribution < -0.4 is 9.62 Å². The third-order valence-corrected chi connectivity index (χ3v) is 9.97. The molecule has 4 aromatic rings. The van der Waals surface area contributed by atoms with Gasteiger partial charge in [-0.1, -0.05) is 97.4 Å². The van der Waals surface area contributed by atoms with Gasteiger partial charge in [0.05, 0.1) is 10.6 Å². The number of sulfonamides is 1. The number of rotatable bonds is 13. The van der Waals surface area contributed by atoms with E-state index in [0.717, 1.165) is 34.2 Å². The van der Waals surface area contributed by atoms with Crippen molar-refractivity contribution in [3.05, 3.63) is 131 Å². The number of anilines is 1. The van der Waals surface area contributed by atoms with Crippen molar-refractivity contribution in [3.63, 3.8) is 0 Å². The maximum absolute atomic E-state index is 14.6. The third kappa shape index (κ3) is 8.39. The lowest BCUT2D eigenvalue weighted by molar-refractivity contribution is -0.140. The number of amides is 2. The van der Waals surface area contributed by atoms with Crippen molar-refractivity contribution in [2.24, 2.45) is 0 Å². The van der Waals surface area contributed by atoms with Gasteiger partial charge in [-0.15, -0.1) is 0 Å². The maximum atomic E-state index is 14.6. The van der Waals surface area contributed by atoms with Gasteiger partial charge in [-0.3, -0.25) is 13.9 Å². The first-order valence-corrected chi connectivity index (χ1v) is 16.8. The highest BCUT2D eigenvalue weighted by molar-refractivity contribution is 7.92. The third-order valence-electron chi connectivity index (χ3n) is 8.20. The average molecular weight is 626 g/mol. The molecule has 7 nitrogen and oxygen atoms in total. The van der Waals surface area contributed by atoms with E-state index in [1.54, 1.807) is 30.3 Å². The fourth-order valence-electron chi connectivity index (χ4n) is 5.12. The summed E-state index contributed by atoms with van der Waals surface area (Å²) < 4.78 is 29.6. The second-order valence-corrected chi connectivity index (χ2v) is 13.4. The van der Waals surface area contributed by atoms with Crippen molar-refractivity contribution in [2.75, 3.05) is 10.8 Å². The number of hydrogen-bond donors (Lipinski definition) is 1. The Balaban J connectivity index is 1.83. The van der Waals surface area contributed by atoms with Crippen LogP contribution in [0.15, 0.2) is 108 Å². The van der Waals surface area contributed by atoms with Gasteiger partial charge in [0.1, 0.15) is 12.6 Å². The van der Waals surface area contributed by atoms with Crippen LogP contribution in [0.1, 0.15) is 48.1 Å². The molecule has 0 aliphatic heterocycles. The normalized spacial score (nSPS) is 12.6. The summed E-state index contributed by atoms with van der Waals surface area (Å²) in [6.07, 6.45) is 1.00. The van der Waals surface area contributed by atoms with Gasteiger partial charge >= 0.3 is 0 Å². The molecule has 0 aliphatic carbocycles. The first-order valence-electron chi connectivity index (χ1n) is 15.3. The monoisotopic (exact) mass is 625 g/mol. The molecule has 0 spiro atoms. The number of benzene rings is 4. The van der Waals surface area contributed by atoms with E-state index in [0.29, 0.717) is 5.69 Å². The number of hydrogen-bond acceptors (Lipinski definition) is 4. The van der Waals surface area contributed by atoms with Gasteiger partial charge in [0.15, 0.2) is 0 Å². The van der Waals surface area contributed by atoms with E-state index < -0.39 is 28.5 Å². The molecule has 0 heterocycles. The van der Waals surface area contributed by atoms with E-state index in [-0.39, 0.29) is 29.8 Å². The molecule has 4 rings (SSSR count). The first kappa shape index (κ1) is 33.5. The molecule has 2 atom stereocenters. The zero-order valence-corrected chi connectivity index (χ0v) is 27.6. The van der Waals surface area contributed by atoms with Crippen LogP contribution in [-0.2, 0) is 32.6 Å². The van der Waals surface area contributed by atoms with Crippen LogP contribution in [0.4, 0.5) is 5.69 Å². The summed E-state index contributed by atoms with van der Waals surface area (Å²) in [6, 6.07) is 29.9. The highest BCUT2D eigenvalue weighted by atomic mass is 32.2. The molecule has 8 heteroatoms. The Kier molecular flexibility index (Phi) is 11.2. The Morgan fingerprint density at radius 3 is 2.02 bits per heavy atom. The van der Waals surface area contributed by atoms with Crippen LogP contribution in [0.2, 0.25) is 0 Å². The van der Waals surface area contributed by atoms with Crippen LogP contribution in [0.5, 0.6) is 0 Å². The standard InChI is InChI=1S/C37H43N3O4S/c1-6-29(4)38-37(42)35(24-31-15-9-7-10-16-31)39(25-32-22-20-27(2)21-23-32)36(41)26-40(34-19-13-14-28(3)30(34)5)45(43,44)33-17-11-8-12-18-33/h7-23,29,35H,6,24-26H2,1-5H3,(H,38,42)/t29-,35+/m1/s1. The Bertz CT molecular complexity index is 1690. The molecule has 0 saturated carbocycles. The fourth-order valence-corrected chi connectivity index (χ4v) is 6.62. The van der Waals surface area contributed by atoms with Crippen LogP contribution in [-0.4, -0.2) is 43.8 Å². The van der Waals surface area contributed by atoms with Crippen molar-refractivity contribution in [1.29, 1.82) is 0 Å². The molecule has 4 aromatic carbocycles. The molecular formula is C37H43N3O4S. The Labute approximate surface area is 268 Å². The summed E-state index contributed by atoms with van der Waals surface area (Å²) in [4.78, 5) is 30.2. The lowest BCUT2D eigenvalue weighted by Gasteiger charge is -2.34. The van der Waals surface area contributed by atoms with Crippen molar-refractivity contribution >= 4 is 27.5 Å². The van der Waals surface area contributed by atoms with Crippen LogP contribution in [0.3, 0.4) is 0 Å². The predicted molar refractivity (Wildman–Crippen MR) is 180 cm³/mol. The zero-order valence-electron chi connectivity index (χ0n) is 26.7. The quantitative estimate of drug-likeness (QED) is 0.187. The maximum Gasteiger partial charge on any atom is 0.264 e. The average Bonchev–Trinajstić information content (AvgIpc) is 3.04. The van der Waals surface area contributed by atoms with E-state index >= 15 is 0 Å². The number of nitrogens with zero attached hydrogens (tertiary/aromatic N) is 2. The first-order chi connectivity index (χ1) is 21.5. The van der Waals surface area contributed by atoms with Gasteiger partial charge in [0, 0.05) is 19.0 Å². The second-order valence-electron chi connectivity index (χ2n) is 11.6. The smallest absolute Gasteiger partial charge is 0.264 e. The van der Waals surface area contributed by atoms with Gasteiger partial charge in [0.2, 0.25) is 11.8 Å². The van der Waals surface area contributed by atoms with Gasteiger partial charge < -0.3 is 10.2 Å². The molecule has 1 N–H and O–H groups in total. The number of carbonyl (C=O) groups is 2. The van der Waals surface area contributed by atoms with Crippen molar-refractivity contribution in [1.82, 2.24) is 10.2 Å². The summed E-state index contributed by atoms with van der Waals surface area (Å²) in [5.41, 5.74) is 4.89. The van der Waals surface area contributed by atoms with Crippen LogP contribution in [0.25, 0.3) is 0 Å². The summed E-state index contributed by atoms with van der Waals surface area (Å²) in [7, 11) is -4.14. The van der Waals surface area contributed by atoms with Crippen molar-refractivity contribution in [2.45, 2.75) is 71.0 Å². The molecule has 236 valence electrons. The molecule has 45 heavy (non-hydrogen) atoms. The summed E-state index contributed by atoms with van der Waals surface area (Å²) >= 11 is 0. The molecule has 0 saturated heterocycles. The highest BCUT2D eigenvalue weighted by Crippen LogP contribution is 2.29. The number of carbonyl (C=O) groups excluding carboxylic acids is 2.